The number of thiophene rings is 1. The van der Waals surface area contributed by atoms with Crippen LogP contribution >= 0.6 is 11.3 Å². The SMILES string of the molecule is CCOC(=O)c1c(NC(=O)c2cnn3c(C)cc(C)nc23)sc2c1CCCC2. The van der Waals surface area contributed by atoms with E-state index in [-0.39, 0.29) is 11.9 Å². The molecule has 0 fully saturated rings. The van der Waals surface area contributed by atoms with E-state index < -0.39 is 0 Å². The second-order valence-electron chi connectivity index (χ2n) is 6.92. The molecule has 146 valence electrons. The maximum absolute atomic E-state index is 13.0. The van der Waals surface area contributed by atoms with Crippen molar-refractivity contribution >= 4 is 33.9 Å². The van der Waals surface area contributed by atoms with Crippen LogP contribution in [0.3, 0.4) is 0 Å². The Morgan fingerprint density at radius 2 is 2.07 bits per heavy atom. The summed E-state index contributed by atoms with van der Waals surface area (Å²) in [6.45, 7) is 5.88. The Labute approximate surface area is 166 Å². The van der Waals surface area contributed by atoms with E-state index in [4.69, 9.17) is 4.74 Å². The average Bonchev–Trinajstić information content (AvgIpc) is 3.23. The summed E-state index contributed by atoms with van der Waals surface area (Å²) in [6, 6.07) is 1.91. The molecule has 0 saturated carbocycles. The molecule has 0 aliphatic heterocycles. The highest BCUT2D eigenvalue weighted by Gasteiger charge is 2.28. The Morgan fingerprint density at radius 1 is 1.29 bits per heavy atom. The molecule has 0 bridgehead atoms. The fourth-order valence-electron chi connectivity index (χ4n) is 3.67. The number of aryl methyl sites for hydroxylation is 3. The van der Waals surface area contributed by atoms with Crippen molar-refractivity contribution in [1.29, 1.82) is 0 Å². The minimum Gasteiger partial charge on any atom is -0.462 e. The van der Waals surface area contributed by atoms with Gasteiger partial charge in [0.05, 0.1) is 18.4 Å². The molecule has 28 heavy (non-hydrogen) atoms. The van der Waals surface area contributed by atoms with Crippen molar-refractivity contribution in [2.75, 3.05) is 11.9 Å². The number of amides is 1. The van der Waals surface area contributed by atoms with Crippen LogP contribution in [0.4, 0.5) is 5.00 Å². The highest BCUT2D eigenvalue weighted by atomic mass is 32.1. The van der Waals surface area contributed by atoms with Crippen LogP contribution in [-0.4, -0.2) is 33.1 Å². The topological polar surface area (TPSA) is 85.6 Å². The van der Waals surface area contributed by atoms with Gasteiger partial charge >= 0.3 is 5.97 Å². The van der Waals surface area contributed by atoms with E-state index in [9.17, 15) is 9.59 Å². The van der Waals surface area contributed by atoms with E-state index in [1.807, 2.05) is 19.9 Å². The van der Waals surface area contributed by atoms with Gasteiger partial charge in [0.25, 0.3) is 5.91 Å². The molecule has 3 heterocycles. The molecule has 0 aromatic carbocycles. The van der Waals surface area contributed by atoms with Gasteiger partial charge in [-0.25, -0.2) is 14.3 Å². The van der Waals surface area contributed by atoms with Gasteiger partial charge in [-0.15, -0.1) is 11.3 Å². The van der Waals surface area contributed by atoms with Crippen molar-refractivity contribution in [3.63, 3.8) is 0 Å². The van der Waals surface area contributed by atoms with E-state index >= 15 is 0 Å². The third-order valence-electron chi connectivity index (χ3n) is 4.90. The minimum atomic E-state index is -0.373. The monoisotopic (exact) mass is 398 g/mol. The number of hydrogen-bond donors (Lipinski definition) is 1. The first-order chi connectivity index (χ1) is 13.5. The molecule has 0 atom stereocenters. The summed E-state index contributed by atoms with van der Waals surface area (Å²) in [7, 11) is 0. The maximum Gasteiger partial charge on any atom is 0.341 e. The summed E-state index contributed by atoms with van der Waals surface area (Å²) in [6.07, 6.45) is 5.42. The number of esters is 1. The molecular weight excluding hydrogens is 376 g/mol. The lowest BCUT2D eigenvalue weighted by atomic mass is 9.95. The first kappa shape index (κ1) is 18.6. The van der Waals surface area contributed by atoms with Gasteiger partial charge < -0.3 is 10.1 Å². The number of carbonyl (C=O) groups excluding carboxylic acids is 2. The zero-order chi connectivity index (χ0) is 19.8. The average molecular weight is 398 g/mol. The van der Waals surface area contributed by atoms with Crippen molar-refractivity contribution in [2.45, 2.75) is 46.5 Å². The number of anilines is 1. The smallest absolute Gasteiger partial charge is 0.341 e. The molecule has 0 spiro atoms. The second kappa shape index (κ2) is 7.35. The van der Waals surface area contributed by atoms with Crippen molar-refractivity contribution in [1.82, 2.24) is 14.6 Å². The standard InChI is InChI=1S/C20H22N4O3S/c1-4-27-20(26)16-13-7-5-6-8-15(13)28-19(16)23-18(25)14-10-21-24-12(3)9-11(2)22-17(14)24/h9-10H,4-8H2,1-3H3,(H,23,25). The number of ether oxygens (including phenoxy) is 1. The van der Waals surface area contributed by atoms with Gasteiger partial charge in [-0.2, -0.15) is 5.10 Å². The lowest BCUT2D eigenvalue weighted by molar-refractivity contribution is 0.0526. The Balaban J connectivity index is 1.72. The number of nitrogens with zero attached hydrogens (tertiary/aromatic N) is 3. The number of rotatable bonds is 4. The molecule has 0 unspecified atom stereocenters. The molecule has 3 aromatic heterocycles. The zero-order valence-corrected chi connectivity index (χ0v) is 17.0. The number of fused-ring (bicyclic) bond motifs is 2. The first-order valence-corrected chi connectivity index (χ1v) is 10.3. The Kier molecular flexibility index (Phi) is 4.89. The molecule has 1 aliphatic carbocycles. The Bertz CT molecular complexity index is 1080. The zero-order valence-electron chi connectivity index (χ0n) is 16.2. The molecule has 1 N–H and O–H groups in total. The fraction of sp³-hybridized carbons (Fsp3) is 0.400. The van der Waals surface area contributed by atoms with E-state index in [1.54, 1.807) is 11.4 Å². The van der Waals surface area contributed by atoms with Gasteiger partial charge in [0.15, 0.2) is 5.65 Å². The summed E-state index contributed by atoms with van der Waals surface area (Å²) in [5, 5.41) is 7.76. The highest BCUT2D eigenvalue weighted by Crippen LogP contribution is 2.38. The van der Waals surface area contributed by atoms with Crippen molar-refractivity contribution < 1.29 is 14.3 Å². The normalized spacial score (nSPS) is 13.4. The van der Waals surface area contributed by atoms with Crippen LogP contribution in [0.15, 0.2) is 12.3 Å². The fourth-order valence-corrected chi connectivity index (χ4v) is 4.95. The lowest BCUT2D eigenvalue weighted by Gasteiger charge is -2.12. The van der Waals surface area contributed by atoms with Gasteiger partial charge in [-0.3, -0.25) is 4.79 Å². The van der Waals surface area contributed by atoms with Crippen LogP contribution in [0.1, 0.15) is 62.3 Å². The van der Waals surface area contributed by atoms with Crippen LogP contribution in [0.2, 0.25) is 0 Å². The Hall–Kier alpha value is -2.74. The molecule has 1 amide bonds. The third kappa shape index (κ3) is 3.17. The first-order valence-electron chi connectivity index (χ1n) is 9.44. The molecule has 3 aromatic rings. The minimum absolute atomic E-state index is 0.299. The molecule has 0 saturated heterocycles. The van der Waals surface area contributed by atoms with Gasteiger partial charge in [0.2, 0.25) is 0 Å². The van der Waals surface area contributed by atoms with Gasteiger partial charge in [0.1, 0.15) is 10.6 Å². The van der Waals surface area contributed by atoms with E-state index in [0.29, 0.717) is 28.4 Å². The van der Waals surface area contributed by atoms with E-state index in [2.05, 4.69) is 15.4 Å². The summed E-state index contributed by atoms with van der Waals surface area (Å²) in [5.74, 6) is -0.696. The third-order valence-corrected chi connectivity index (χ3v) is 6.11. The number of aromatic nitrogens is 3. The quantitative estimate of drug-likeness (QED) is 0.677. The predicted molar refractivity (Wildman–Crippen MR) is 107 cm³/mol. The number of carbonyl (C=O) groups is 2. The predicted octanol–water partition coefficient (Wildman–Crippen LogP) is 3.72. The van der Waals surface area contributed by atoms with Crippen LogP contribution in [0.25, 0.3) is 5.65 Å². The summed E-state index contributed by atoms with van der Waals surface area (Å²) in [5.41, 5.74) is 4.14. The number of hydrogen-bond acceptors (Lipinski definition) is 6. The highest BCUT2D eigenvalue weighted by molar-refractivity contribution is 7.17. The Morgan fingerprint density at radius 3 is 2.86 bits per heavy atom. The molecule has 4 rings (SSSR count). The van der Waals surface area contributed by atoms with Crippen molar-refractivity contribution in [3.8, 4) is 0 Å². The van der Waals surface area contributed by atoms with Crippen LogP contribution in [0.5, 0.6) is 0 Å². The largest absolute Gasteiger partial charge is 0.462 e. The molecule has 0 radical (unpaired) electrons. The van der Waals surface area contributed by atoms with Crippen molar-refractivity contribution in [2.24, 2.45) is 0 Å². The van der Waals surface area contributed by atoms with Gasteiger partial charge in [0, 0.05) is 16.3 Å². The maximum atomic E-state index is 13.0. The van der Waals surface area contributed by atoms with Crippen LogP contribution in [-0.2, 0) is 17.6 Å². The van der Waals surface area contributed by atoms with E-state index in [1.165, 1.54) is 17.5 Å². The van der Waals surface area contributed by atoms with Crippen molar-refractivity contribution in [3.05, 3.63) is 45.2 Å². The van der Waals surface area contributed by atoms with Crippen LogP contribution < -0.4 is 5.32 Å². The summed E-state index contributed by atoms with van der Waals surface area (Å²) in [4.78, 5) is 31.2. The number of nitrogens with one attached hydrogen (secondary N) is 1. The molecule has 7 nitrogen and oxygen atoms in total. The summed E-state index contributed by atoms with van der Waals surface area (Å²) >= 11 is 1.47. The van der Waals surface area contributed by atoms with Crippen LogP contribution in [0, 0.1) is 13.8 Å². The van der Waals surface area contributed by atoms with E-state index in [0.717, 1.165) is 47.5 Å². The second-order valence-corrected chi connectivity index (χ2v) is 8.03. The van der Waals surface area contributed by atoms with Gasteiger partial charge in [-0.05, 0) is 58.1 Å². The molecule has 8 heteroatoms. The molecular formula is C20H22N4O3S. The summed E-state index contributed by atoms with van der Waals surface area (Å²) < 4.78 is 6.90. The van der Waals surface area contributed by atoms with Gasteiger partial charge in [-0.1, -0.05) is 0 Å². The molecule has 1 aliphatic rings. The lowest BCUT2D eigenvalue weighted by Crippen LogP contribution is -2.16.